The number of nitrogens with two attached hydrogens (primary N) is 1. The molecule has 0 radical (unpaired) electrons. The number of pyridine rings is 2. The molecule has 2 aromatic carbocycles. The van der Waals surface area contributed by atoms with Crippen LogP contribution in [0.2, 0.25) is 5.02 Å². The number of anilines is 1. The third kappa shape index (κ3) is 6.34. The Morgan fingerprint density at radius 3 is 2.56 bits per heavy atom. The molecule has 9 nitrogen and oxygen atoms in total. The molecule has 39 heavy (non-hydrogen) atoms. The Balaban J connectivity index is 1.03. The van der Waals surface area contributed by atoms with Crippen molar-refractivity contribution >= 4 is 45.0 Å². The molecule has 0 saturated carbocycles. The second-order valence-electron chi connectivity index (χ2n) is 9.27. The number of carbonyl (C=O) groups is 1. The molecule has 5 rings (SSSR count). The summed E-state index contributed by atoms with van der Waals surface area (Å²) in [6, 6.07) is 17.2. The second-order valence-corrected chi connectivity index (χ2v) is 9.65. The zero-order valence-electron chi connectivity index (χ0n) is 21.5. The van der Waals surface area contributed by atoms with Crippen LogP contribution in [0.5, 0.6) is 0 Å². The van der Waals surface area contributed by atoms with E-state index in [1.165, 1.54) is 0 Å². The third-order valence-electron chi connectivity index (χ3n) is 6.56. The molecule has 6 N–H and O–H groups in total. The molecule has 10 heteroatoms. The number of fused-ring (bicyclic) bond motifs is 3. The summed E-state index contributed by atoms with van der Waals surface area (Å²) in [4.78, 5) is 20.7. The summed E-state index contributed by atoms with van der Waals surface area (Å²) in [5, 5.41) is 21.3. The van der Waals surface area contributed by atoms with E-state index in [2.05, 4.69) is 31.1 Å². The molecule has 0 unspecified atom stereocenters. The molecule has 0 aliphatic carbocycles. The number of halogens is 1. The topological polar surface area (TPSA) is 134 Å². The predicted octanol–water partition coefficient (Wildman–Crippen LogP) is 4.50. The Morgan fingerprint density at radius 2 is 1.74 bits per heavy atom. The summed E-state index contributed by atoms with van der Waals surface area (Å²) >= 11 is 6.52. The van der Waals surface area contributed by atoms with Crippen molar-refractivity contribution in [3.63, 3.8) is 0 Å². The smallest absolute Gasteiger partial charge is 0.248 e. The first-order chi connectivity index (χ1) is 19.1. The highest BCUT2D eigenvalue weighted by atomic mass is 35.5. The second kappa shape index (κ2) is 12.7. The van der Waals surface area contributed by atoms with Crippen LogP contribution in [0.15, 0.2) is 67.0 Å². The largest absolute Gasteiger partial charge is 0.368 e. The molecule has 0 atom stereocenters. The van der Waals surface area contributed by atoms with Gasteiger partial charge in [0.05, 0.1) is 16.2 Å². The Hall–Kier alpha value is -4.05. The summed E-state index contributed by atoms with van der Waals surface area (Å²) in [5.41, 5.74) is 9.29. The lowest BCUT2D eigenvalue weighted by Crippen LogP contribution is -2.24. The summed E-state index contributed by atoms with van der Waals surface area (Å²) in [5.74, 6) is 0.293. The van der Waals surface area contributed by atoms with Crippen LogP contribution < -0.4 is 21.7 Å². The van der Waals surface area contributed by atoms with E-state index in [9.17, 15) is 4.79 Å². The number of nitrogens with zero attached hydrogens (tertiary/aromatic N) is 3. The van der Waals surface area contributed by atoms with Gasteiger partial charge in [-0.2, -0.15) is 5.10 Å². The highest BCUT2D eigenvalue weighted by molar-refractivity contribution is 6.33. The molecular weight excluding hydrogens is 512 g/mol. The zero-order chi connectivity index (χ0) is 27.0. The number of hydrogen-bond acceptors (Lipinski definition) is 7. The fraction of sp³-hybridized carbons (Fsp3) is 0.241. The van der Waals surface area contributed by atoms with Gasteiger partial charge in [0.1, 0.15) is 11.5 Å². The number of amides is 1. The number of aromatic amines is 1. The van der Waals surface area contributed by atoms with Crippen molar-refractivity contribution in [1.82, 2.24) is 30.8 Å². The lowest BCUT2D eigenvalue weighted by molar-refractivity contribution is 0.100. The van der Waals surface area contributed by atoms with Gasteiger partial charge in [-0.25, -0.2) is 4.98 Å². The summed E-state index contributed by atoms with van der Waals surface area (Å²) < 4.78 is 0. The highest BCUT2D eigenvalue weighted by Gasteiger charge is 2.12. The molecule has 0 aliphatic rings. The quantitative estimate of drug-likeness (QED) is 0.109. The zero-order valence-corrected chi connectivity index (χ0v) is 22.3. The maximum absolute atomic E-state index is 11.6. The van der Waals surface area contributed by atoms with Gasteiger partial charge >= 0.3 is 0 Å². The minimum absolute atomic E-state index is 0.435. The normalized spacial score (nSPS) is 11.3. The van der Waals surface area contributed by atoms with Crippen molar-refractivity contribution in [1.29, 1.82) is 0 Å². The highest BCUT2D eigenvalue weighted by Crippen LogP contribution is 2.29. The van der Waals surface area contributed by atoms with Crippen LogP contribution in [0, 0.1) is 0 Å². The van der Waals surface area contributed by atoms with Crippen molar-refractivity contribution < 1.29 is 4.79 Å². The first-order valence-electron chi connectivity index (χ1n) is 13.0. The van der Waals surface area contributed by atoms with Crippen LogP contribution in [0.4, 0.5) is 5.82 Å². The first-order valence-corrected chi connectivity index (χ1v) is 13.4. The minimum Gasteiger partial charge on any atom is -0.368 e. The summed E-state index contributed by atoms with van der Waals surface area (Å²) in [7, 11) is 0. The number of aromatic nitrogens is 4. The maximum Gasteiger partial charge on any atom is 0.248 e. The van der Waals surface area contributed by atoms with Gasteiger partial charge in [-0.05, 0) is 44.1 Å². The van der Waals surface area contributed by atoms with E-state index in [-0.39, 0.29) is 0 Å². The van der Waals surface area contributed by atoms with E-state index in [1.807, 2.05) is 48.7 Å². The Bertz CT molecular complexity index is 1570. The fourth-order valence-corrected chi connectivity index (χ4v) is 4.77. The Kier molecular flexibility index (Phi) is 8.62. The number of nitrogens with one attached hydrogen (secondary N) is 4. The molecule has 3 heterocycles. The SMILES string of the molecule is NC(=O)c1ccc2c(c1)nc(NCCNCCCCNCc1[nH]nc(-c3ccccc3)c1Cl)c1ccncc12. The van der Waals surface area contributed by atoms with Gasteiger partial charge in [0.25, 0.3) is 0 Å². The Labute approximate surface area is 231 Å². The monoisotopic (exact) mass is 542 g/mol. The summed E-state index contributed by atoms with van der Waals surface area (Å²) in [6.07, 6.45) is 5.68. The molecule has 3 aromatic heterocycles. The van der Waals surface area contributed by atoms with Gasteiger partial charge in [0.15, 0.2) is 0 Å². The maximum atomic E-state index is 11.6. The van der Waals surface area contributed by atoms with E-state index in [0.29, 0.717) is 29.2 Å². The number of H-pyrrole nitrogens is 1. The molecule has 0 aliphatic heterocycles. The van der Waals surface area contributed by atoms with Crippen molar-refractivity contribution in [3.8, 4) is 11.3 Å². The van der Waals surface area contributed by atoms with Crippen LogP contribution in [-0.2, 0) is 6.54 Å². The molecule has 0 fully saturated rings. The van der Waals surface area contributed by atoms with E-state index >= 15 is 0 Å². The first kappa shape index (κ1) is 26.6. The molecule has 0 spiro atoms. The number of benzene rings is 2. The van der Waals surface area contributed by atoms with Gasteiger partial charge in [-0.1, -0.05) is 48.0 Å². The Morgan fingerprint density at radius 1 is 0.923 bits per heavy atom. The van der Waals surface area contributed by atoms with Crippen molar-refractivity contribution in [3.05, 3.63) is 83.3 Å². The van der Waals surface area contributed by atoms with Gasteiger partial charge in [-0.15, -0.1) is 0 Å². The molecule has 1 amide bonds. The van der Waals surface area contributed by atoms with E-state index in [1.54, 1.807) is 18.3 Å². The van der Waals surface area contributed by atoms with Gasteiger partial charge < -0.3 is 21.7 Å². The van der Waals surface area contributed by atoms with Crippen molar-refractivity contribution in [2.45, 2.75) is 19.4 Å². The van der Waals surface area contributed by atoms with Crippen LogP contribution in [0.25, 0.3) is 32.9 Å². The standard InChI is InChI=1S/C29H31ClN8O/c30-26-25(37-38-27(26)19-6-2-1-3-7-19)18-33-12-5-4-11-32-14-15-35-29-22-10-13-34-17-23(22)21-9-8-20(28(31)39)16-24(21)36-29/h1-3,6-10,13,16-17,32-33H,4-5,11-12,14-15,18H2,(H2,31,39)(H,35,36)(H,37,38). The van der Waals surface area contributed by atoms with E-state index in [0.717, 1.165) is 71.4 Å². The van der Waals surface area contributed by atoms with Gasteiger partial charge in [0.2, 0.25) is 5.91 Å². The van der Waals surface area contributed by atoms with E-state index in [4.69, 9.17) is 22.3 Å². The lowest BCUT2D eigenvalue weighted by atomic mass is 10.1. The molecule has 0 saturated heterocycles. The van der Waals surface area contributed by atoms with Crippen LogP contribution in [0.3, 0.4) is 0 Å². The number of carbonyl (C=O) groups excluding carboxylic acids is 1. The molecule has 5 aromatic rings. The van der Waals surface area contributed by atoms with Gasteiger partial charge in [-0.3, -0.25) is 14.9 Å². The number of unbranched alkanes of at least 4 members (excludes halogenated alkanes) is 1. The average Bonchev–Trinajstić information content (AvgIpc) is 3.33. The molecule has 0 bridgehead atoms. The lowest BCUT2D eigenvalue weighted by Gasteiger charge is -2.12. The average molecular weight is 543 g/mol. The van der Waals surface area contributed by atoms with Crippen LogP contribution in [-0.4, -0.2) is 52.3 Å². The van der Waals surface area contributed by atoms with Gasteiger partial charge in [0, 0.05) is 59.3 Å². The number of rotatable bonds is 13. The fourth-order valence-electron chi connectivity index (χ4n) is 4.51. The van der Waals surface area contributed by atoms with Crippen molar-refractivity contribution in [2.75, 3.05) is 31.5 Å². The van der Waals surface area contributed by atoms with E-state index < -0.39 is 5.91 Å². The summed E-state index contributed by atoms with van der Waals surface area (Å²) in [6.45, 7) is 3.98. The minimum atomic E-state index is -0.471. The number of primary amides is 1. The molecule has 200 valence electrons. The number of hydrogen-bond donors (Lipinski definition) is 5. The van der Waals surface area contributed by atoms with Crippen LogP contribution in [0.1, 0.15) is 28.9 Å². The van der Waals surface area contributed by atoms with Crippen LogP contribution >= 0.6 is 11.6 Å². The third-order valence-corrected chi connectivity index (χ3v) is 6.96. The van der Waals surface area contributed by atoms with Crippen molar-refractivity contribution in [2.24, 2.45) is 5.73 Å². The molecular formula is C29H31ClN8O. The predicted molar refractivity (Wildman–Crippen MR) is 157 cm³/mol.